The lowest BCUT2D eigenvalue weighted by Crippen LogP contribution is -2.51. The van der Waals surface area contributed by atoms with Crippen molar-refractivity contribution < 1.29 is 4.79 Å². The van der Waals surface area contributed by atoms with E-state index >= 15 is 0 Å². The van der Waals surface area contributed by atoms with Crippen LogP contribution in [-0.4, -0.2) is 29.9 Å². The summed E-state index contributed by atoms with van der Waals surface area (Å²) in [5.74, 6) is 0.889. The van der Waals surface area contributed by atoms with Crippen molar-refractivity contribution in [1.29, 1.82) is 0 Å². The Hall–Kier alpha value is -1.35. The van der Waals surface area contributed by atoms with Gasteiger partial charge in [0.25, 0.3) is 0 Å². The molecule has 18 heavy (non-hydrogen) atoms. The van der Waals surface area contributed by atoms with Gasteiger partial charge in [0, 0.05) is 19.1 Å². The molecular formula is C15H20N2O. The van der Waals surface area contributed by atoms with Crippen molar-refractivity contribution in [3.05, 3.63) is 35.4 Å². The van der Waals surface area contributed by atoms with Gasteiger partial charge in [0.15, 0.2) is 0 Å². The molecule has 1 heterocycles. The zero-order valence-corrected chi connectivity index (χ0v) is 10.8. The van der Waals surface area contributed by atoms with E-state index in [1.807, 2.05) is 17.0 Å². The number of fused-ring (bicyclic) bond motifs is 1. The second-order valence-corrected chi connectivity index (χ2v) is 5.67. The zero-order valence-electron chi connectivity index (χ0n) is 10.8. The van der Waals surface area contributed by atoms with Gasteiger partial charge in [-0.15, -0.1) is 0 Å². The molecule has 2 N–H and O–H groups in total. The average molecular weight is 244 g/mol. The molecule has 3 nitrogen and oxygen atoms in total. The monoisotopic (exact) mass is 244 g/mol. The first kappa shape index (κ1) is 11.7. The van der Waals surface area contributed by atoms with Gasteiger partial charge in [0.05, 0.1) is 5.92 Å². The van der Waals surface area contributed by atoms with Crippen LogP contribution in [0.2, 0.25) is 0 Å². The van der Waals surface area contributed by atoms with E-state index in [4.69, 9.17) is 5.73 Å². The number of benzene rings is 1. The van der Waals surface area contributed by atoms with Crippen molar-refractivity contribution in [1.82, 2.24) is 4.90 Å². The molecule has 1 aromatic rings. The van der Waals surface area contributed by atoms with Gasteiger partial charge in [0.1, 0.15) is 0 Å². The molecule has 3 rings (SSSR count). The summed E-state index contributed by atoms with van der Waals surface area (Å²) < 4.78 is 0. The molecule has 1 fully saturated rings. The zero-order chi connectivity index (χ0) is 12.7. The first-order valence-electron chi connectivity index (χ1n) is 6.79. The predicted molar refractivity (Wildman–Crippen MR) is 71.2 cm³/mol. The molecule has 0 aromatic heterocycles. The Labute approximate surface area is 108 Å². The van der Waals surface area contributed by atoms with Crippen LogP contribution in [0.4, 0.5) is 0 Å². The third-order valence-electron chi connectivity index (χ3n) is 4.48. The average Bonchev–Trinajstić information content (AvgIpc) is 2.34. The number of carbonyl (C=O) groups is 1. The molecule has 0 radical (unpaired) electrons. The van der Waals surface area contributed by atoms with Gasteiger partial charge in [-0.3, -0.25) is 4.79 Å². The number of likely N-dealkylation sites (tertiary alicyclic amines) is 1. The fraction of sp³-hybridized carbons (Fsp3) is 0.533. The maximum atomic E-state index is 12.5. The summed E-state index contributed by atoms with van der Waals surface area (Å²) in [5.41, 5.74) is 8.61. The van der Waals surface area contributed by atoms with Gasteiger partial charge in [-0.25, -0.2) is 0 Å². The summed E-state index contributed by atoms with van der Waals surface area (Å²) in [4.78, 5) is 14.4. The second kappa shape index (κ2) is 4.39. The second-order valence-electron chi connectivity index (χ2n) is 5.67. The molecule has 3 atom stereocenters. The molecule has 1 amide bonds. The van der Waals surface area contributed by atoms with Gasteiger partial charge in [-0.1, -0.05) is 31.2 Å². The third-order valence-corrected chi connectivity index (χ3v) is 4.48. The topological polar surface area (TPSA) is 46.3 Å². The van der Waals surface area contributed by atoms with E-state index in [0.717, 1.165) is 25.9 Å². The molecule has 1 aromatic carbocycles. The van der Waals surface area contributed by atoms with Gasteiger partial charge >= 0.3 is 0 Å². The Morgan fingerprint density at radius 3 is 2.89 bits per heavy atom. The van der Waals surface area contributed by atoms with Crippen LogP contribution in [0.1, 0.15) is 30.4 Å². The molecule has 1 aliphatic heterocycles. The number of hydrogen-bond acceptors (Lipinski definition) is 2. The molecule has 1 aliphatic carbocycles. The van der Waals surface area contributed by atoms with Crippen molar-refractivity contribution in [3.63, 3.8) is 0 Å². The van der Waals surface area contributed by atoms with Crippen LogP contribution in [0.5, 0.6) is 0 Å². The number of nitrogens with zero attached hydrogens (tertiary/aromatic N) is 1. The summed E-state index contributed by atoms with van der Waals surface area (Å²) in [6.07, 6.45) is 1.93. The Morgan fingerprint density at radius 1 is 1.39 bits per heavy atom. The number of piperidine rings is 1. The minimum Gasteiger partial charge on any atom is -0.341 e. The summed E-state index contributed by atoms with van der Waals surface area (Å²) in [7, 11) is 0. The van der Waals surface area contributed by atoms with E-state index in [1.54, 1.807) is 0 Å². The molecular weight excluding hydrogens is 224 g/mol. The van der Waals surface area contributed by atoms with Gasteiger partial charge in [0.2, 0.25) is 5.91 Å². The third kappa shape index (κ3) is 1.83. The Bertz CT molecular complexity index is 471. The lowest BCUT2D eigenvalue weighted by Gasteiger charge is -2.39. The molecule has 0 bridgehead atoms. The van der Waals surface area contributed by atoms with E-state index in [0.29, 0.717) is 5.92 Å². The van der Waals surface area contributed by atoms with E-state index < -0.39 is 0 Å². The number of nitrogens with two attached hydrogens (primary N) is 1. The van der Waals surface area contributed by atoms with Crippen molar-refractivity contribution in [2.24, 2.45) is 11.7 Å². The lowest BCUT2D eigenvalue weighted by molar-refractivity contribution is -0.135. The Morgan fingerprint density at radius 2 is 2.17 bits per heavy atom. The lowest BCUT2D eigenvalue weighted by atomic mass is 9.76. The number of rotatable bonds is 1. The molecule has 2 aliphatic rings. The first-order valence-corrected chi connectivity index (χ1v) is 6.79. The van der Waals surface area contributed by atoms with Crippen LogP contribution in [0.3, 0.4) is 0 Å². The van der Waals surface area contributed by atoms with E-state index in [-0.39, 0.29) is 17.9 Å². The maximum Gasteiger partial charge on any atom is 0.230 e. The van der Waals surface area contributed by atoms with Gasteiger partial charge < -0.3 is 10.6 Å². The van der Waals surface area contributed by atoms with Crippen molar-refractivity contribution in [3.8, 4) is 0 Å². The number of carbonyl (C=O) groups excluding carboxylic acids is 1. The first-order chi connectivity index (χ1) is 8.66. The van der Waals surface area contributed by atoms with Crippen LogP contribution < -0.4 is 5.73 Å². The van der Waals surface area contributed by atoms with E-state index in [1.165, 1.54) is 11.1 Å². The van der Waals surface area contributed by atoms with Crippen LogP contribution in [0.25, 0.3) is 0 Å². The summed E-state index contributed by atoms with van der Waals surface area (Å²) in [5, 5.41) is 0. The summed E-state index contributed by atoms with van der Waals surface area (Å²) in [6.45, 7) is 3.76. The highest BCUT2D eigenvalue weighted by molar-refractivity contribution is 5.87. The minimum atomic E-state index is 0.0850. The predicted octanol–water partition coefficient (Wildman–Crippen LogP) is 1.52. The standard InChI is InChI=1S/C15H20N2O/c1-10-6-7-17(9-14(10)16)15(18)13-8-11-4-2-3-5-12(11)13/h2-5,10,13-14H,6-9,16H2,1H3. The van der Waals surface area contributed by atoms with Crippen molar-refractivity contribution in [2.75, 3.05) is 13.1 Å². The minimum absolute atomic E-state index is 0.0850. The molecule has 0 spiro atoms. The van der Waals surface area contributed by atoms with E-state index in [2.05, 4.69) is 19.1 Å². The molecule has 96 valence electrons. The fourth-order valence-electron chi connectivity index (χ4n) is 3.00. The highest BCUT2D eigenvalue weighted by Gasteiger charge is 2.36. The normalized spacial score (nSPS) is 30.6. The Balaban J connectivity index is 1.70. The van der Waals surface area contributed by atoms with Crippen molar-refractivity contribution in [2.45, 2.75) is 31.7 Å². The Kier molecular flexibility index (Phi) is 2.86. The molecule has 0 saturated carbocycles. The van der Waals surface area contributed by atoms with E-state index in [9.17, 15) is 4.79 Å². The van der Waals surface area contributed by atoms with Crippen LogP contribution >= 0.6 is 0 Å². The molecule has 3 heteroatoms. The largest absolute Gasteiger partial charge is 0.341 e. The van der Waals surface area contributed by atoms with Gasteiger partial charge in [-0.05, 0) is 29.9 Å². The van der Waals surface area contributed by atoms with Crippen LogP contribution in [-0.2, 0) is 11.2 Å². The fourth-order valence-corrected chi connectivity index (χ4v) is 3.00. The maximum absolute atomic E-state index is 12.5. The quantitative estimate of drug-likeness (QED) is 0.814. The SMILES string of the molecule is CC1CCN(C(=O)C2Cc3ccccc32)CC1N. The molecule has 3 unspecified atom stereocenters. The smallest absolute Gasteiger partial charge is 0.230 e. The number of hydrogen-bond donors (Lipinski definition) is 1. The van der Waals surface area contributed by atoms with Crippen LogP contribution in [0, 0.1) is 5.92 Å². The number of amides is 1. The van der Waals surface area contributed by atoms with Crippen molar-refractivity contribution >= 4 is 5.91 Å². The highest BCUT2D eigenvalue weighted by Crippen LogP contribution is 2.36. The summed E-state index contributed by atoms with van der Waals surface area (Å²) >= 11 is 0. The highest BCUT2D eigenvalue weighted by atomic mass is 16.2. The molecule has 1 saturated heterocycles. The summed E-state index contributed by atoms with van der Waals surface area (Å²) in [6, 6.07) is 8.38. The van der Waals surface area contributed by atoms with Crippen LogP contribution in [0.15, 0.2) is 24.3 Å². The van der Waals surface area contributed by atoms with Gasteiger partial charge in [-0.2, -0.15) is 0 Å².